The van der Waals surface area contributed by atoms with Crippen LogP contribution in [0.5, 0.6) is 0 Å². The van der Waals surface area contributed by atoms with Gasteiger partial charge in [0.2, 0.25) is 0 Å². The quantitative estimate of drug-likeness (QED) is 0.141. The maximum atomic E-state index is 12.4. The Morgan fingerprint density at radius 3 is 2.24 bits per heavy atom. The van der Waals surface area contributed by atoms with Crippen LogP contribution in [0.3, 0.4) is 0 Å². The van der Waals surface area contributed by atoms with E-state index >= 15 is 0 Å². The zero-order valence-electron chi connectivity index (χ0n) is 17.9. The van der Waals surface area contributed by atoms with Gasteiger partial charge in [-0.15, -0.1) is 0 Å². The third-order valence-electron chi connectivity index (χ3n) is 5.25. The van der Waals surface area contributed by atoms with Crippen molar-refractivity contribution in [1.29, 1.82) is 0 Å². The number of Topliss-reactive ketones (excluding diaryl/α,β-unsaturated/α-hetero) is 1. The zero-order chi connectivity index (χ0) is 21.3. The number of carbonyl (C=O) groups is 2. The van der Waals surface area contributed by atoms with E-state index in [1.54, 1.807) is 24.3 Å². The number of hydrogen-bond acceptors (Lipinski definition) is 3. The van der Waals surface area contributed by atoms with E-state index < -0.39 is 11.9 Å². The summed E-state index contributed by atoms with van der Waals surface area (Å²) >= 11 is 0. The first-order valence-electron chi connectivity index (χ1n) is 11.2. The molecule has 0 bridgehead atoms. The van der Waals surface area contributed by atoms with Crippen molar-refractivity contribution in [2.75, 3.05) is 0 Å². The van der Waals surface area contributed by atoms with Crippen LogP contribution in [0, 0.1) is 5.92 Å². The first-order chi connectivity index (χ1) is 14.1. The van der Waals surface area contributed by atoms with Crippen LogP contribution in [0.4, 0.5) is 0 Å². The lowest BCUT2D eigenvalue weighted by Crippen LogP contribution is -2.23. The number of hydrogen-bond donors (Lipinski definition) is 2. The number of aliphatic hydroxyl groups excluding tert-OH is 1. The van der Waals surface area contributed by atoms with Crippen LogP contribution in [0.25, 0.3) is 0 Å². The molecular formula is C25H38O4. The average molecular weight is 403 g/mol. The molecule has 0 saturated heterocycles. The normalized spacial score (nSPS) is 13.4. The molecule has 29 heavy (non-hydrogen) atoms. The van der Waals surface area contributed by atoms with Gasteiger partial charge in [0, 0.05) is 5.56 Å². The molecule has 0 saturated carbocycles. The number of rotatable bonds is 17. The minimum absolute atomic E-state index is 0.224. The number of carbonyl (C=O) groups excluding carboxylic acids is 1. The third kappa shape index (κ3) is 11.6. The number of aliphatic carboxylic acids is 1. The van der Waals surface area contributed by atoms with Gasteiger partial charge in [0.1, 0.15) is 5.92 Å². The Bertz CT molecular complexity index is 594. The van der Waals surface area contributed by atoms with Crippen LogP contribution < -0.4 is 0 Å². The molecule has 0 fully saturated rings. The number of benzene rings is 1. The largest absolute Gasteiger partial charge is 0.481 e. The predicted molar refractivity (Wildman–Crippen MR) is 118 cm³/mol. The fourth-order valence-electron chi connectivity index (χ4n) is 3.43. The van der Waals surface area contributed by atoms with Crippen LogP contribution in [-0.2, 0) is 4.79 Å². The molecule has 0 aliphatic carbocycles. The minimum atomic E-state index is -1.03. The molecule has 0 spiro atoms. The summed E-state index contributed by atoms with van der Waals surface area (Å²) in [6.45, 7) is 2.19. The van der Waals surface area contributed by atoms with E-state index in [9.17, 15) is 19.8 Å². The molecule has 1 aromatic rings. The number of unbranched alkanes of at least 4 members (excludes halogenated alkanes) is 7. The summed E-state index contributed by atoms with van der Waals surface area (Å²) in [6, 6.07) is 8.67. The number of carboxylic acids is 1. The summed E-state index contributed by atoms with van der Waals surface area (Å²) in [4.78, 5) is 23.8. The van der Waals surface area contributed by atoms with Gasteiger partial charge in [0.15, 0.2) is 5.78 Å². The van der Waals surface area contributed by atoms with Crippen molar-refractivity contribution in [1.82, 2.24) is 0 Å². The topological polar surface area (TPSA) is 74.6 Å². The summed E-state index contributed by atoms with van der Waals surface area (Å²) < 4.78 is 0. The SMILES string of the molecule is CCCCCCC(O)C/C=C\CCCCCCC(C(=O)O)C(=O)c1ccccc1. The maximum absolute atomic E-state index is 12.4. The Morgan fingerprint density at radius 2 is 1.55 bits per heavy atom. The van der Waals surface area contributed by atoms with Crippen LogP contribution >= 0.6 is 0 Å². The molecule has 162 valence electrons. The highest BCUT2D eigenvalue weighted by atomic mass is 16.4. The standard InChI is InChI=1S/C25H38O4/c1-2-3-4-13-18-22(26)19-14-8-6-5-7-9-15-20-23(25(28)29)24(27)21-16-11-10-12-17-21/h8,10-12,14,16-17,22-23,26H,2-7,9,13,15,18-20H2,1H3,(H,28,29)/b14-8-. The molecule has 1 aromatic carbocycles. The van der Waals surface area contributed by atoms with Gasteiger partial charge in [-0.1, -0.05) is 94.4 Å². The van der Waals surface area contributed by atoms with Gasteiger partial charge in [-0.05, 0) is 32.1 Å². The van der Waals surface area contributed by atoms with Gasteiger partial charge in [-0.2, -0.15) is 0 Å². The lowest BCUT2D eigenvalue weighted by atomic mass is 9.92. The highest BCUT2D eigenvalue weighted by molar-refractivity contribution is 6.08. The Labute approximate surface area is 176 Å². The van der Waals surface area contributed by atoms with E-state index in [4.69, 9.17) is 0 Å². The van der Waals surface area contributed by atoms with Gasteiger partial charge >= 0.3 is 5.97 Å². The molecule has 4 heteroatoms. The number of allylic oxidation sites excluding steroid dienone is 1. The number of aliphatic hydroxyl groups is 1. The van der Waals surface area contributed by atoms with Gasteiger partial charge in [-0.3, -0.25) is 9.59 Å². The predicted octanol–water partition coefficient (Wildman–Crippen LogP) is 6.19. The summed E-state index contributed by atoms with van der Waals surface area (Å²) in [5.41, 5.74) is 0.470. The van der Waals surface area contributed by atoms with Crippen molar-refractivity contribution in [3.05, 3.63) is 48.0 Å². The first kappa shape index (κ1) is 25.1. The van der Waals surface area contributed by atoms with Crippen molar-refractivity contribution in [2.45, 2.75) is 90.1 Å². The average Bonchev–Trinajstić information content (AvgIpc) is 2.72. The van der Waals surface area contributed by atoms with E-state index in [-0.39, 0.29) is 11.9 Å². The fourth-order valence-corrected chi connectivity index (χ4v) is 3.43. The van der Waals surface area contributed by atoms with Crippen LogP contribution in [0.1, 0.15) is 94.3 Å². The van der Waals surface area contributed by atoms with Gasteiger partial charge in [0.25, 0.3) is 0 Å². The highest BCUT2D eigenvalue weighted by Gasteiger charge is 2.26. The van der Waals surface area contributed by atoms with Crippen molar-refractivity contribution in [3.63, 3.8) is 0 Å². The summed E-state index contributed by atoms with van der Waals surface area (Å²) in [7, 11) is 0. The minimum Gasteiger partial charge on any atom is -0.481 e. The highest BCUT2D eigenvalue weighted by Crippen LogP contribution is 2.18. The molecule has 0 radical (unpaired) electrons. The Balaban J connectivity index is 2.13. The van der Waals surface area contributed by atoms with Crippen molar-refractivity contribution in [2.24, 2.45) is 5.92 Å². The molecule has 2 unspecified atom stereocenters. The lowest BCUT2D eigenvalue weighted by Gasteiger charge is -2.11. The van der Waals surface area contributed by atoms with Crippen molar-refractivity contribution in [3.8, 4) is 0 Å². The smallest absolute Gasteiger partial charge is 0.314 e. The fraction of sp³-hybridized carbons (Fsp3) is 0.600. The molecule has 0 aliphatic rings. The van der Waals surface area contributed by atoms with Crippen molar-refractivity contribution < 1.29 is 19.8 Å². The molecule has 2 N–H and O–H groups in total. The second-order valence-electron chi connectivity index (χ2n) is 7.82. The Morgan fingerprint density at radius 1 is 0.897 bits per heavy atom. The molecule has 0 aliphatic heterocycles. The summed E-state index contributed by atoms with van der Waals surface area (Å²) in [5, 5.41) is 19.3. The first-order valence-corrected chi connectivity index (χ1v) is 11.2. The van der Waals surface area contributed by atoms with Gasteiger partial charge in [0.05, 0.1) is 6.10 Å². The maximum Gasteiger partial charge on any atom is 0.314 e. The molecule has 0 amide bonds. The van der Waals surface area contributed by atoms with Crippen LogP contribution in [0.15, 0.2) is 42.5 Å². The molecule has 1 rings (SSSR count). The van der Waals surface area contributed by atoms with E-state index in [0.717, 1.165) is 51.4 Å². The molecule has 2 atom stereocenters. The third-order valence-corrected chi connectivity index (χ3v) is 5.25. The zero-order valence-corrected chi connectivity index (χ0v) is 17.9. The van der Waals surface area contributed by atoms with E-state index in [0.29, 0.717) is 12.0 Å². The number of ketones is 1. The van der Waals surface area contributed by atoms with Crippen LogP contribution in [-0.4, -0.2) is 28.1 Å². The van der Waals surface area contributed by atoms with Gasteiger partial charge < -0.3 is 10.2 Å². The lowest BCUT2D eigenvalue weighted by molar-refractivity contribution is -0.140. The second kappa shape index (κ2) is 15.9. The van der Waals surface area contributed by atoms with Gasteiger partial charge in [-0.25, -0.2) is 0 Å². The monoisotopic (exact) mass is 402 g/mol. The second-order valence-corrected chi connectivity index (χ2v) is 7.82. The summed E-state index contributed by atoms with van der Waals surface area (Å²) in [6.07, 6.45) is 15.5. The molecular weight excluding hydrogens is 364 g/mol. The Hall–Kier alpha value is -1.94. The van der Waals surface area contributed by atoms with E-state index in [1.165, 1.54) is 19.3 Å². The molecule has 4 nitrogen and oxygen atoms in total. The van der Waals surface area contributed by atoms with E-state index in [2.05, 4.69) is 19.1 Å². The van der Waals surface area contributed by atoms with Crippen molar-refractivity contribution >= 4 is 11.8 Å². The Kier molecular flexibility index (Phi) is 13.8. The van der Waals surface area contributed by atoms with Crippen LogP contribution in [0.2, 0.25) is 0 Å². The number of carboxylic acid groups (broad SMARTS) is 1. The molecule has 0 heterocycles. The molecule has 0 aromatic heterocycles. The van der Waals surface area contributed by atoms with E-state index in [1.807, 2.05) is 6.07 Å². The summed E-state index contributed by atoms with van der Waals surface area (Å²) in [5.74, 6) is -2.28.